The van der Waals surface area contributed by atoms with E-state index in [1.165, 1.54) is 5.30 Å². The van der Waals surface area contributed by atoms with Crippen LogP contribution in [0.5, 0.6) is 0 Å². The van der Waals surface area contributed by atoms with E-state index in [1.54, 1.807) is 0 Å². The van der Waals surface area contributed by atoms with Gasteiger partial charge in [-0.15, -0.1) is 0 Å². The highest BCUT2D eigenvalue weighted by atomic mass is 31.1. The molecule has 0 saturated heterocycles. The summed E-state index contributed by atoms with van der Waals surface area (Å²) in [5.41, 5.74) is 0.701. The Balaban J connectivity index is 1.93. The standard InChI is InChI=1S/C14H13P/c1-2-7-13(8-3-1)15-11-10-12-6-4-5-9-14(12)15/h1-12,14H/t12-,14+,15+/m0/s1. The molecule has 0 aromatic heterocycles. The zero-order valence-electron chi connectivity index (χ0n) is 8.45. The number of allylic oxidation sites excluding steroid dienone is 5. The molecule has 1 aromatic carbocycles. The average molecular weight is 212 g/mol. The third-order valence-electron chi connectivity index (χ3n) is 2.99. The van der Waals surface area contributed by atoms with Gasteiger partial charge in [0, 0.05) is 11.6 Å². The van der Waals surface area contributed by atoms with E-state index in [4.69, 9.17) is 0 Å². The summed E-state index contributed by atoms with van der Waals surface area (Å²) in [4.78, 5) is 0. The van der Waals surface area contributed by atoms with Crippen LogP contribution >= 0.6 is 7.92 Å². The molecule has 1 aliphatic carbocycles. The first-order valence-electron chi connectivity index (χ1n) is 5.32. The Morgan fingerprint density at radius 1 is 0.867 bits per heavy atom. The first-order valence-corrected chi connectivity index (χ1v) is 6.80. The molecular weight excluding hydrogens is 199 g/mol. The zero-order chi connectivity index (χ0) is 10.1. The molecule has 0 bridgehead atoms. The Labute approximate surface area is 91.8 Å². The molecule has 2 aliphatic rings. The Bertz CT molecular complexity index is 428. The van der Waals surface area contributed by atoms with Crippen LogP contribution in [0.4, 0.5) is 0 Å². The van der Waals surface area contributed by atoms with Gasteiger partial charge in [0.05, 0.1) is 0 Å². The normalized spacial score (nSPS) is 31.9. The number of fused-ring (bicyclic) bond motifs is 1. The van der Waals surface area contributed by atoms with E-state index >= 15 is 0 Å². The van der Waals surface area contributed by atoms with E-state index < -0.39 is 0 Å². The van der Waals surface area contributed by atoms with Crippen LogP contribution in [0, 0.1) is 5.92 Å². The summed E-state index contributed by atoms with van der Waals surface area (Å²) in [6, 6.07) is 10.9. The van der Waals surface area contributed by atoms with Crippen molar-refractivity contribution in [2.75, 3.05) is 0 Å². The SMILES string of the molecule is C1=C[C@H]2C=C[P@](c3ccccc3)[C@@H]2C=C1. The van der Waals surface area contributed by atoms with Crippen LogP contribution < -0.4 is 5.30 Å². The van der Waals surface area contributed by atoms with Crippen molar-refractivity contribution in [1.82, 2.24) is 0 Å². The first kappa shape index (κ1) is 9.12. The Kier molecular flexibility index (Phi) is 2.31. The highest BCUT2D eigenvalue weighted by Gasteiger charge is 2.29. The van der Waals surface area contributed by atoms with Crippen molar-refractivity contribution in [2.24, 2.45) is 5.92 Å². The number of benzene rings is 1. The minimum absolute atomic E-state index is 0.116. The highest BCUT2D eigenvalue weighted by molar-refractivity contribution is 7.69. The van der Waals surface area contributed by atoms with Gasteiger partial charge >= 0.3 is 0 Å². The quantitative estimate of drug-likeness (QED) is 0.625. The predicted octanol–water partition coefficient (Wildman–Crippen LogP) is 3.43. The summed E-state index contributed by atoms with van der Waals surface area (Å²) in [5, 5.41) is 1.50. The lowest BCUT2D eigenvalue weighted by atomic mass is 10.0. The van der Waals surface area contributed by atoms with Gasteiger partial charge in [-0.05, 0) is 13.2 Å². The molecule has 1 heterocycles. The van der Waals surface area contributed by atoms with Crippen LogP contribution in [0.3, 0.4) is 0 Å². The molecule has 3 rings (SSSR count). The van der Waals surface area contributed by atoms with Crippen molar-refractivity contribution in [3.63, 3.8) is 0 Å². The van der Waals surface area contributed by atoms with Gasteiger partial charge in [-0.2, -0.15) is 0 Å². The van der Waals surface area contributed by atoms with Crippen molar-refractivity contribution >= 4 is 13.2 Å². The maximum absolute atomic E-state index is 2.42. The first-order chi connectivity index (χ1) is 7.45. The van der Waals surface area contributed by atoms with Gasteiger partial charge in [0.1, 0.15) is 0 Å². The van der Waals surface area contributed by atoms with E-state index in [1.807, 2.05) is 0 Å². The number of hydrogen-bond donors (Lipinski definition) is 0. The van der Waals surface area contributed by atoms with E-state index in [9.17, 15) is 0 Å². The maximum Gasteiger partial charge on any atom is 0.0146 e. The fourth-order valence-electron chi connectivity index (χ4n) is 2.22. The van der Waals surface area contributed by atoms with Gasteiger partial charge in [0.25, 0.3) is 0 Å². The summed E-state index contributed by atoms with van der Waals surface area (Å²) in [6.07, 6.45) is 11.4. The lowest BCUT2D eigenvalue weighted by Crippen LogP contribution is -2.14. The maximum atomic E-state index is 2.42. The third kappa shape index (κ3) is 1.60. The van der Waals surface area contributed by atoms with E-state index in [0.29, 0.717) is 11.6 Å². The van der Waals surface area contributed by atoms with Crippen molar-refractivity contribution in [2.45, 2.75) is 5.66 Å². The van der Waals surface area contributed by atoms with Crippen molar-refractivity contribution in [3.05, 3.63) is 66.5 Å². The second-order valence-corrected chi connectivity index (χ2v) is 6.15. The third-order valence-corrected chi connectivity index (χ3v) is 5.54. The molecule has 0 unspecified atom stereocenters. The average Bonchev–Trinajstić information content (AvgIpc) is 2.74. The van der Waals surface area contributed by atoms with Crippen LogP contribution in [-0.4, -0.2) is 5.66 Å². The van der Waals surface area contributed by atoms with Crippen molar-refractivity contribution < 1.29 is 0 Å². The van der Waals surface area contributed by atoms with Crippen molar-refractivity contribution in [1.29, 1.82) is 0 Å². The summed E-state index contributed by atoms with van der Waals surface area (Å²) in [7, 11) is -0.116. The Hall–Kier alpha value is -1.13. The molecule has 0 saturated carbocycles. The Morgan fingerprint density at radius 3 is 2.53 bits per heavy atom. The molecule has 3 atom stereocenters. The summed E-state index contributed by atoms with van der Waals surface area (Å²) in [6.45, 7) is 0. The minimum atomic E-state index is -0.116. The highest BCUT2D eigenvalue weighted by Crippen LogP contribution is 2.52. The summed E-state index contributed by atoms with van der Waals surface area (Å²) >= 11 is 0. The summed E-state index contributed by atoms with van der Waals surface area (Å²) < 4.78 is 0. The molecule has 0 spiro atoms. The molecule has 74 valence electrons. The smallest absolute Gasteiger partial charge is 0.0146 e. The molecule has 1 aromatic rings. The van der Waals surface area contributed by atoms with Crippen LogP contribution in [-0.2, 0) is 0 Å². The molecule has 15 heavy (non-hydrogen) atoms. The van der Waals surface area contributed by atoms with Gasteiger partial charge in [-0.25, -0.2) is 0 Å². The topological polar surface area (TPSA) is 0 Å². The van der Waals surface area contributed by atoms with E-state index in [2.05, 4.69) is 66.5 Å². The number of hydrogen-bond acceptors (Lipinski definition) is 0. The fourth-order valence-corrected chi connectivity index (χ4v) is 4.69. The lowest BCUT2D eigenvalue weighted by Gasteiger charge is -2.22. The predicted molar refractivity (Wildman–Crippen MR) is 67.7 cm³/mol. The monoisotopic (exact) mass is 212 g/mol. The molecule has 0 nitrogen and oxygen atoms in total. The minimum Gasteiger partial charge on any atom is -0.0767 e. The van der Waals surface area contributed by atoms with Crippen molar-refractivity contribution in [3.8, 4) is 0 Å². The molecule has 1 aliphatic heterocycles. The second kappa shape index (κ2) is 3.79. The van der Waals surface area contributed by atoms with Gasteiger partial charge in [0.15, 0.2) is 0 Å². The van der Waals surface area contributed by atoms with Crippen LogP contribution in [0.15, 0.2) is 66.5 Å². The zero-order valence-corrected chi connectivity index (χ0v) is 9.35. The van der Waals surface area contributed by atoms with Crippen LogP contribution in [0.2, 0.25) is 0 Å². The van der Waals surface area contributed by atoms with Gasteiger partial charge in [-0.1, -0.05) is 66.5 Å². The molecule has 0 fully saturated rings. The second-order valence-electron chi connectivity index (χ2n) is 3.92. The number of rotatable bonds is 1. The largest absolute Gasteiger partial charge is 0.0767 e. The van der Waals surface area contributed by atoms with Crippen LogP contribution in [0.1, 0.15) is 0 Å². The lowest BCUT2D eigenvalue weighted by molar-refractivity contribution is 0.850. The molecule has 0 radical (unpaired) electrons. The molecule has 1 heteroatoms. The van der Waals surface area contributed by atoms with Gasteiger partial charge in [-0.3, -0.25) is 0 Å². The summed E-state index contributed by atoms with van der Waals surface area (Å²) in [5.74, 6) is 3.06. The van der Waals surface area contributed by atoms with Gasteiger partial charge in [0.2, 0.25) is 0 Å². The fraction of sp³-hybridized carbons (Fsp3) is 0.143. The van der Waals surface area contributed by atoms with Crippen LogP contribution in [0.25, 0.3) is 0 Å². The Morgan fingerprint density at radius 2 is 1.67 bits per heavy atom. The molecule has 0 N–H and O–H groups in total. The molecule has 0 amide bonds. The van der Waals surface area contributed by atoms with E-state index in [0.717, 1.165) is 0 Å². The van der Waals surface area contributed by atoms with Gasteiger partial charge < -0.3 is 0 Å². The van der Waals surface area contributed by atoms with E-state index in [-0.39, 0.29) is 7.92 Å². The molecular formula is C14H13P.